The third-order valence-corrected chi connectivity index (χ3v) is 7.10. The van der Waals surface area contributed by atoms with Gasteiger partial charge in [-0.15, -0.1) is 11.3 Å². The van der Waals surface area contributed by atoms with E-state index in [1.807, 2.05) is 0 Å². The third-order valence-electron chi connectivity index (χ3n) is 3.86. The summed E-state index contributed by atoms with van der Waals surface area (Å²) in [5, 5.41) is 1.79. The molecule has 0 aromatic carbocycles. The van der Waals surface area contributed by atoms with E-state index in [0.29, 0.717) is 29.5 Å². The molecule has 0 amide bonds. The van der Waals surface area contributed by atoms with Crippen molar-refractivity contribution in [1.29, 1.82) is 0 Å². The van der Waals surface area contributed by atoms with Gasteiger partial charge in [0.15, 0.2) is 0 Å². The molecule has 0 aliphatic carbocycles. The Hall–Kier alpha value is -1.51. The minimum atomic E-state index is -3.37. The zero-order chi connectivity index (χ0) is 15.6. The lowest BCUT2D eigenvalue weighted by Crippen LogP contribution is -2.40. The fourth-order valence-corrected chi connectivity index (χ4v) is 5.46. The van der Waals surface area contributed by atoms with Gasteiger partial charge in [0, 0.05) is 25.5 Å². The molecule has 0 bridgehead atoms. The number of nitrogens with zero attached hydrogens (tertiary/aromatic N) is 3. The number of hydrogen-bond acceptors (Lipinski definition) is 6. The number of nitrogens with two attached hydrogens (primary N) is 1. The Kier molecular flexibility index (Phi) is 4.42. The minimum absolute atomic E-state index is 0.225. The van der Waals surface area contributed by atoms with Crippen molar-refractivity contribution in [3.05, 3.63) is 35.6 Å². The van der Waals surface area contributed by atoms with Crippen LogP contribution in [0.3, 0.4) is 0 Å². The SMILES string of the molecule is Nc1nccnc1C[C@@H]1CCCN(S(=O)(=O)c2cccs2)C1. The molecule has 2 aromatic heterocycles. The lowest BCUT2D eigenvalue weighted by Gasteiger charge is -2.31. The van der Waals surface area contributed by atoms with Crippen molar-refractivity contribution < 1.29 is 8.42 Å². The Morgan fingerprint density at radius 2 is 2.18 bits per heavy atom. The Labute approximate surface area is 134 Å². The van der Waals surface area contributed by atoms with Crippen molar-refractivity contribution in [2.75, 3.05) is 18.8 Å². The van der Waals surface area contributed by atoms with Crippen LogP contribution in [0.5, 0.6) is 0 Å². The van der Waals surface area contributed by atoms with E-state index in [2.05, 4.69) is 9.97 Å². The van der Waals surface area contributed by atoms with Crippen molar-refractivity contribution in [1.82, 2.24) is 14.3 Å². The quantitative estimate of drug-likeness (QED) is 0.917. The van der Waals surface area contributed by atoms with Crippen LogP contribution in [0.2, 0.25) is 0 Å². The Bertz CT molecular complexity index is 731. The van der Waals surface area contributed by atoms with Gasteiger partial charge in [0.05, 0.1) is 5.69 Å². The lowest BCUT2D eigenvalue weighted by molar-refractivity contribution is 0.264. The molecule has 2 aromatic rings. The molecule has 1 atom stereocenters. The molecule has 1 fully saturated rings. The smallest absolute Gasteiger partial charge is 0.252 e. The molecule has 0 spiro atoms. The van der Waals surface area contributed by atoms with Gasteiger partial charge in [-0.2, -0.15) is 4.31 Å². The number of aromatic nitrogens is 2. The Balaban J connectivity index is 1.74. The maximum absolute atomic E-state index is 12.6. The second kappa shape index (κ2) is 6.31. The maximum Gasteiger partial charge on any atom is 0.252 e. The summed E-state index contributed by atoms with van der Waals surface area (Å²) < 4.78 is 27.2. The molecule has 2 N–H and O–H groups in total. The molecule has 118 valence electrons. The van der Waals surface area contributed by atoms with Crippen molar-refractivity contribution in [2.24, 2.45) is 5.92 Å². The van der Waals surface area contributed by atoms with Gasteiger partial charge in [0.1, 0.15) is 10.0 Å². The Morgan fingerprint density at radius 3 is 2.91 bits per heavy atom. The highest BCUT2D eigenvalue weighted by molar-refractivity contribution is 7.91. The molecular formula is C14H18N4O2S2. The van der Waals surface area contributed by atoms with E-state index in [1.54, 1.807) is 34.2 Å². The number of piperidine rings is 1. The molecule has 3 rings (SSSR count). The highest BCUT2D eigenvalue weighted by Gasteiger charge is 2.31. The first kappa shape index (κ1) is 15.4. The molecule has 0 saturated carbocycles. The molecule has 8 heteroatoms. The zero-order valence-corrected chi connectivity index (χ0v) is 13.7. The van der Waals surface area contributed by atoms with Gasteiger partial charge in [-0.05, 0) is 36.6 Å². The fourth-order valence-electron chi connectivity index (χ4n) is 2.76. The van der Waals surface area contributed by atoms with Crippen molar-refractivity contribution >= 4 is 27.2 Å². The van der Waals surface area contributed by atoms with Crippen LogP contribution in [-0.2, 0) is 16.4 Å². The van der Waals surface area contributed by atoms with E-state index in [-0.39, 0.29) is 5.92 Å². The van der Waals surface area contributed by atoms with Crippen LogP contribution in [0.15, 0.2) is 34.1 Å². The van der Waals surface area contributed by atoms with Gasteiger partial charge in [-0.1, -0.05) is 6.07 Å². The number of anilines is 1. The molecule has 22 heavy (non-hydrogen) atoms. The molecule has 1 aliphatic rings. The van der Waals surface area contributed by atoms with Crippen LogP contribution < -0.4 is 5.73 Å². The number of sulfonamides is 1. The summed E-state index contributed by atoms with van der Waals surface area (Å²) in [4.78, 5) is 8.29. The number of hydrogen-bond donors (Lipinski definition) is 1. The summed E-state index contributed by atoms with van der Waals surface area (Å²) in [6.45, 7) is 1.09. The van der Waals surface area contributed by atoms with Crippen molar-refractivity contribution in [3.63, 3.8) is 0 Å². The van der Waals surface area contributed by atoms with Crippen LogP contribution in [0.4, 0.5) is 5.82 Å². The van der Waals surface area contributed by atoms with E-state index in [4.69, 9.17) is 5.73 Å². The second-order valence-corrected chi connectivity index (χ2v) is 8.51. The highest BCUT2D eigenvalue weighted by atomic mass is 32.2. The lowest BCUT2D eigenvalue weighted by atomic mass is 9.94. The summed E-state index contributed by atoms with van der Waals surface area (Å²) in [7, 11) is -3.37. The van der Waals surface area contributed by atoms with Crippen LogP contribution in [0, 0.1) is 5.92 Å². The first-order valence-corrected chi connectivity index (χ1v) is 9.48. The van der Waals surface area contributed by atoms with Gasteiger partial charge in [0.25, 0.3) is 10.0 Å². The van der Waals surface area contributed by atoms with E-state index < -0.39 is 10.0 Å². The van der Waals surface area contributed by atoms with Crippen LogP contribution in [-0.4, -0.2) is 35.8 Å². The minimum Gasteiger partial charge on any atom is -0.382 e. The molecule has 1 saturated heterocycles. The van der Waals surface area contributed by atoms with Crippen LogP contribution in [0.25, 0.3) is 0 Å². The number of rotatable bonds is 4. The van der Waals surface area contributed by atoms with E-state index in [0.717, 1.165) is 18.5 Å². The molecule has 0 unspecified atom stereocenters. The van der Waals surface area contributed by atoms with E-state index in [1.165, 1.54) is 11.3 Å². The molecule has 0 radical (unpaired) electrons. The largest absolute Gasteiger partial charge is 0.382 e. The summed E-state index contributed by atoms with van der Waals surface area (Å²) in [6, 6.07) is 3.42. The monoisotopic (exact) mass is 338 g/mol. The fraction of sp³-hybridized carbons (Fsp3) is 0.429. The summed E-state index contributed by atoms with van der Waals surface area (Å²) in [6.07, 6.45) is 5.68. The van der Waals surface area contributed by atoms with Gasteiger partial charge in [-0.3, -0.25) is 4.98 Å². The normalized spacial score (nSPS) is 20.1. The highest BCUT2D eigenvalue weighted by Crippen LogP contribution is 2.28. The number of nitrogen functional groups attached to an aromatic ring is 1. The summed E-state index contributed by atoms with van der Waals surface area (Å²) >= 11 is 1.26. The Morgan fingerprint density at radius 1 is 1.36 bits per heavy atom. The first-order chi connectivity index (χ1) is 10.6. The van der Waals surface area contributed by atoms with E-state index >= 15 is 0 Å². The van der Waals surface area contributed by atoms with Gasteiger partial charge >= 0.3 is 0 Å². The van der Waals surface area contributed by atoms with Crippen LogP contribution in [0.1, 0.15) is 18.5 Å². The number of thiophene rings is 1. The second-order valence-electron chi connectivity index (χ2n) is 5.40. The van der Waals surface area contributed by atoms with Crippen molar-refractivity contribution in [2.45, 2.75) is 23.5 Å². The molecule has 3 heterocycles. The summed E-state index contributed by atoms with van der Waals surface area (Å²) in [5.41, 5.74) is 6.58. The maximum atomic E-state index is 12.6. The van der Waals surface area contributed by atoms with Crippen LogP contribution >= 0.6 is 11.3 Å². The molecular weight excluding hydrogens is 320 g/mol. The predicted octanol–water partition coefficient (Wildman–Crippen LogP) is 1.76. The topological polar surface area (TPSA) is 89.2 Å². The van der Waals surface area contributed by atoms with E-state index in [9.17, 15) is 8.42 Å². The third kappa shape index (κ3) is 3.13. The van der Waals surface area contributed by atoms with Crippen molar-refractivity contribution in [3.8, 4) is 0 Å². The average molecular weight is 338 g/mol. The zero-order valence-electron chi connectivity index (χ0n) is 12.1. The van der Waals surface area contributed by atoms with Gasteiger partial charge in [0.2, 0.25) is 0 Å². The molecule has 1 aliphatic heterocycles. The first-order valence-electron chi connectivity index (χ1n) is 7.16. The van der Waals surface area contributed by atoms with Gasteiger partial charge in [-0.25, -0.2) is 13.4 Å². The standard InChI is InChI=1S/C14H18N4O2S2/c15-14-12(16-5-6-17-14)9-11-3-1-7-18(10-11)22(19,20)13-4-2-8-21-13/h2,4-6,8,11H,1,3,7,9-10H2,(H2,15,17)/t11-/m0/s1. The molecule has 6 nitrogen and oxygen atoms in total. The average Bonchev–Trinajstić information content (AvgIpc) is 3.05. The predicted molar refractivity (Wildman–Crippen MR) is 86.0 cm³/mol. The van der Waals surface area contributed by atoms with Gasteiger partial charge < -0.3 is 5.73 Å². The summed E-state index contributed by atoms with van der Waals surface area (Å²) in [5.74, 6) is 0.656.